The lowest BCUT2D eigenvalue weighted by molar-refractivity contribution is -0.142. The molecule has 0 aromatic heterocycles. The van der Waals surface area contributed by atoms with Gasteiger partial charge in [0.1, 0.15) is 11.9 Å². The number of halogens is 5. The summed E-state index contributed by atoms with van der Waals surface area (Å²) in [6.07, 6.45) is -5.70. The minimum absolute atomic E-state index is 0.000740. The van der Waals surface area contributed by atoms with Crippen LogP contribution in [0, 0.1) is 11.7 Å². The normalized spacial score (nSPS) is 19.1. The van der Waals surface area contributed by atoms with Crippen molar-refractivity contribution in [1.29, 1.82) is 0 Å². The standard InChI is InChI=1S/C20H16ClF4NO3/c21-13-4-1-11(2-5-13)7-8-26-19(28)14-10-17(27)29-18(14)12-3-6-15(16(22)9-12)20(23,24)25/h1-6,9,14,18H,7-8,10H2,(H,26,28)/t14-,18?/m0/s1. The number of amides is 1. The largest absolute Gasteiger partial charge is 0.457 e. The molecule has 0 aliphatic carbocycles. The Labute approximate surface area is 168 Å². The van der Waals surface area contributed by atoms with Crippen LogP contribution >= 0.6 is 11.6 Å². The third-order valence-electron chi connectivity index (χ3n) is 4.60. The molecule has 1 saturated heterocycles. The Bertz CT molecular complexity index is 915. The van der Waals surface area contributed by atoms with Crippen LogP contribution in [0.1, 0.15) is 29.2 Å². The Hall–Kier alpha value is -2.61. The van der Waals surface area contributed by atoms with Crippen molar-refractivity contribution in [3.05, 3.63) is 70.0 Å². The summed E-state index contributed by atoms with van der Waals surface area (Å²) in [5, 5.41) is 3.27. The van der Waals surface area contributed by atoms with Gasteiger partial charge < -0.3 is 10.1 Å². The first kappa shape index (κ1) is 21.1. The third-order valence-corrected chi connectivity index (χ3v) is 4.85. The third kappa shape index (κ3) is 5.06. The van der Waals surface area contributed by atoms with E-state index in [4.69, 9.17) is 16.3 Å². The number of cyclic esters (lactones) is 1. The van der Waals surface area contributed by atoms with E-state index in [0.29, 0.717) is 23.6 Å². The molecule has 154 valence electrons. The SMILES string of the molecule is O=C1C[C@H](C(=O)NCCc2ccc(Cl)cc2)C(c2ccc(C(F)(F)F)c(F)c2)O1. The Morgan fingerprint density at radius 3 is 2.48 bits per heavy atom. The van der Waals surface area contributed by atoms with E-state index in [1.807, 2.05) is 12.1 Å². The second kappa shape index (κ2) is 8.41. The van der Waals surface area contributed by atoms with E-state index in [9.17, 15) is 27.2 Å². The number of carbonyl (C=O) groups is 2. The molecule has 1 N–H and O–H groups in total. The molecule has 0 saturated carbocycles. The lowest BCUT2D eigenvalue weighted by Crippen LogP contribution is -2.33. The maximum absolute atomic E-state index is 13.9. The van der Waals surface area contributed by atoms with Crippen molar-refractivity contribution in [2.75, 3.05) is 6.54 Å². The van der Waals surface area contributed by atoms with Crippen molar-refractivity contribution in [2.45, 2.75) is 25.1 Å². The molecule has 1 heterocycles. The zero-order chi connectivity index (χ0) is 21.2. The highest BCUT2D eigenvalue weighted by atomic mass is 35.5. The van der Waals surface area contributed by atoms with Gasteiger partial charge in [-0.25, -0.2) is 4.39 Å². The molecule has 3 rings (SSSR count). The Morgan fingerprint density at radius 1 is 1.17 bits per heavy atom. The monoisotopic (exact) mass is 429 g/mol. The molecule has 4 nitrogen and oxygen atoms in total. The van der Waals surface area contributed by atoms with Gasteiger partial charge in [-0.05, 0) is 41.8 Å². The molecule has 2 aromatic rings. The zero-order valence-corrected chi connectivity index (χ0v) is 15.7. The summed E-state index contributed by atoms with van der Waals surface area (Å²) in [4.78, 5) is 24.2. The van der Waals surface area contributed by atoms with Gasteiger partial charge in [0.25, 0.3) is 0 Å². The fourth-order valence-electron chi connectivity index (χ4n) is 3.14. The maximum Gasteiger partial charge on any atom is 0.419 e. The number of benzene rings is 2. The summed E-state index contributed by atoms with van der Waals surface area (Å²) in [7, 11) is 0. The highest BCUT2D eigenvalue weighted by molar-refractivity contribution is 6.30. The van der Waals surface area contributed by atoms with Gasteiger partial charge in [0.05, 0.1) is 17.9 Å². The lowest BCUT2D eigenvalue weighted by Gasteiger charge is -2.19. The number of ether oxygens (including phenoxy) is 1. The number of hydrogen-bond donors (Lipinski definition) is 1. The van der Waals surface area contributed by atoms with Crippen molar-refractivity contribution in [3.63, 3.8) is 0 Å². The summed E-state index contributed by atoms with van der Waals surface area (Å²) in [6, 6.07) is 9.30. The zero-order valence-electron chi connectivity index (χ0n) is 14.9. The van der Waals surface area contributed by atoms with Gasteiger partial charge in [-0.2, -0.15) is 13.2 Å². The Kier molecular flexibility index (Phi) is 6.12. The van der Waals surface area contributed by atoms with Crippen molar-refractivity contribution < 1.29 is 31.9 Å². The molecule has 1 fully saturated rings. The number of nitrogens with one attached hydrogen (secondary N) is 1. The molecule has 1 amide bonds. The van der Waals surface area contributed by atoms with Crippen LogP contribution in [0.3, 0.4) is 0 Å². The molecule has 9 heteroatoms. The number of alkyl halides is 3. The minimum Gasteiger partial charge on any atom is -0.457 e. The number of hydrogen-bond acceptors (Lipinski definition) is 3. The van der Waals surface area contributed by atoms with Crippen LogP contribution < -0.4 is 5.32 Å². The van der Waals surface area contributed by atoms with Crippen LogP contribution in [0.2, 0.25) is 5.02 Å². The van der Waals surface area contributed by atoms with Gasteiger partial charge >= 0.3 is 12.1 Å². The first-order chi connectivity index (χ1) is 13.6. The Balaban J connectivity index is 1.68. The maximum atomic E-state index is 13.9. The van der Waals surface area contributed by atoms with Crippen molar-refractivity contribution in [1.82, 2.24) is 5.32 Å². The minimum atomic E-state index is -4.84. The fraction of sp³-hybridized carbons (Fsp3) is 0.300. The number of rotatable bonds is 5. The quantitative estimate of drug-likeness (QED) is 0.564. The van der Waals surface area contributed by atoms with Crippen LogP contribution in [0.5, 0.6) is 0 Å². The van der Waals surface area contributed by atoms with E-state index < -0.39 is 41.5 Å². The van der Waals surface area contributed by atoms with Gasteiger partial charge in [-0.1, -0.05) is 29.8 Å². The predicted octanol–water partition coefficient (Wildman–Crippen LogP) is 4.46. The van der Waals surface area contributed by atoms with E-state index >= 15 is 0 Å². The fourth-order valence-corrected chi connectivity index (χ4v) is 3.27. The summed E-state index contributed by atoms with van der Waals surface area (Å²) in [5.74, 6) is -3.60. The first-order valence-electron chi connectivity index (χ1n) is 8.73. The molecule has 0 bridgehead atoms. The molecule has 0 spiro atoms. The van der Waals surface area contributed by atoms with Crippen LogP contribution in [0.15, 0.2) is 42.5 Å². The van der Waals surface area contributed by atoms with Crippen molar-refractivity contribution in [3.8, 4) is 0 Å². The smallest absolute Gasteiger partial charge is 0.419 e. The molecule has 1 aliphatic heterocycles. The van der Waals surface area contributed by atoms with Gasteiger partial charge in [0.15, 0.2) is 0 Å². The molecule has 2 aromatic carbocycles. The van der Waals surface area contributed by atoms with E-state index in [2.05, 4.69) is 5.32 Å². The predicted molar refractivity (Wildman–Crippen MR) is 96.5 cm³/mol. The van der Waals surface area contributed by atoms with Crippen LogP contribution in [-0.2, 0) is 26.9 Å². The molecule has 0 radical (unpaired) electrons. The number of esters is 1. The average molecular weight is 430 g/mol. The van der Waals surface area contributed by atoms with E-state index in [1.54, 1.807) is 12.1 Å². The van der Waals surface area contributed by atoms with Crippen LogP contribution in [0.25, 0.3) is 0 Å². The molecular weight excluding hydrogens is 414 g/mol. The van der Waals surface area contributed by atoms with Crippen LogP contribution in [-0.4, -0.2) is 18.4 Å². The van der Waals surface area contributed by atoms with Crippen LogP contribution in [0.4, 0.5) is 17.6 Å². The summed E-state index contributed by atoms with van der Waals surface area (Å²) >= 11 is 5.81. The molecular formula is C20H16ClF4NO3. The number of carbonyl (C=O) groups excluding carboxylic acids is 2. The second-order valence-electron chi connectivity index (χ2n) is 6.63. The van der Waals surface area contributed by atoms with Gasteiger partial charge in [0.2, 0.25) is 5.91 Å². The van der Waals surface area contributed by atoms with E-state index in [1.165, 1.54) is 0 Å². The van der Waals surface area contributed by atoms with Gasteiger partial charge in [-0.15, -0.1) is 0 Å². The van der Waals surface area contributed by atoms with Gasteiger partial charge in [-0.3, -0.25) is 9.59 Å². The first-order valence-corrected chi connectivity index (χ1v) is 9.11. The molecule has 29 heavy (non-hydrogen) atoms. The summed E-state index contributed by atoms with van der Waals surface area (Å²) in [6.45, 7) is 0.277. The summed E-state index contributed by atoms with van der Waals surface area (Å²) < 4.78 is 57.1. The molecule has 1 aliphatic rings. The molecule has 1 unspecified atom stereocenters. The van der Waals surface area contributed by atoms with Crippen molar-refractivity contribution >= 4 is 23.5 Å². The van der Waals surface area contributed by atoms with Crippen molar-refractivity contribution in [2.24, 2.45) is 5.92 Å². The highest BCUT2D eigenvalue weighted by Gasteiger charge is 2.42. The van der Waals surface area contributed by atoms with E-state index in [-0.39, 0.29) is 18.5 Å². The van der Waals surface area contributed by atoms with Gasteiger partial charge in [0, 0.05) is 11.6 Å². The average Bonchev–Trinajstić information content (AvgIpc) is 3.04. The topological polar surface area (TPSA) is 55.4 Å². The Morgan fingerprint density at radius 2 is 1.86 bits per heavy atom. The lowest BCUT2D eigenvalue weighted by atomic mass is 9.93. The van der Waals surface area contributed by atoms with E-state index in [0.717, 1.165) is 11.6 Å². The highest BCUT2D eigenvalue weighted by Crippen LogP contribution is 2.38. The second-order valence-corrected chi connectivity index (χ2v) is 7.06. The summed E-state index contributed by atoms with van der Waals surface area (Å²) in [5.41, 5.74) is -0.483. The molecule has 2 atom stereocenters.